The van der Waals surface area contributed by atoms with Crippen LogP contribution in [0.2, 0.25) is 0 Å². The zero-order chi connectivity index (χ0) is 18.3. The van der Waals surface area contributed by atoms with Crippen molar-refractivity contribution in [1.29, 1.82) is 0 Å². The van der Waals surface area contributed by atoms with Crippen molar-refractivity contribution in [1.82, 2.24) is 4.98 Å². The fourth-order valence-corrected chi connectivity index (χ4v) is 5.27. The van der Waals surface area contributed by atoms with E-state index < -0.39 is 0 Å². The molecule has 0 fully saturated rings. The largest absolute Gasteiger partial charge is 0.497 e. The number of pyridine rings is 1. The van der Waals surface area contributed by atoms with E-state index in [-0.39, 0.29) is 5.56 Å². The number of aryl methyl sites for hydroxylation is 1. The number of ether oxygens (including phenoxy) is 1. The number of hydrogen-bond acceptors (Lipinski definition) is 3. The van der Waals surface area contributed by atoms with Gasteiger partial charge in [-0.25, -0.2) is 0 Å². The second-order valence-electron chi connectivity index (χ2n) is 6.21. The third kappa shape index (κ3) is 2.75. The minimum atomic E-state index is -0.0390. The highest BCUT2D eigenvalue weighted by atomic mass is 79.9. The van der Waals surface area contributed by atoms with E-state index in [1.54, 1.807) is 18.4 Å². The van der Waals surface area contributed by atoms with Gasteiger partial charge in [-0.15, -0.1) is 11.3 Å². The van der Waals surface area contributed by atoms with Gasteiger partial charge in [0.1, 0.15) is 10.4 Å². The van der Waals surface area contributed by atoms with Crippen molar-refractivity contribution >= 4 is 48.3 Å². The van der Waals surface area contributed by atoms with Crippen LogP contribution in [0.5, 0.6) is 5.75 Å². The lowest BCUT2D eigenvalue weighted by Crippen LogP contribution is -2.05. The fourth-order valence-electron chi connectivity index (χ4n) is 3.40. The van der Waals surface area contributed by atoms with Gasteiger partial charge in [0, 0.05) is 25.7 Å². The summed E-state index contributed by atoms with van der Waals surface area (Å²) in [4.78, 5) is 17.1. The molecule has 4 rings (SSSR count). The first-order valence-electron chi connectivity index (χ1n) is 8.54. The summed E-state index contributed by atoms with van der Waals surface area (Å²) in [6.45, 7) is 2.17. The van der Waals surface area contributed by atoms with Crippen molar-refractivity contribution in [2.24, 2.45) is 0 Å². The van der Waals surface area contributed by atoms with Crippen molar-refractivity contribution < 1.29 is 4.74 Å². The number of fused-ring (bicyclic) bond motifs is 3. The van der Waals surface area contributed by atoms with Gasteiger partial charge >= 0.3 is 0 Å². The van der Waals surface area contributed by atoms with Crippen LogP contribution in [-0.4, -0.2) is 12.1 Å². The van der Waals surface area contributed by atoms with E-state index >= 15 is 0 Å². The van der Waals surface area contributed by atoms with Crippen LogP contribution in [0.1, 0.15) is 18.2 Å². The van der Waals surface area contributed by atoms with Crippen LogP contribution in [0.3, 0.4) is 0 Å². The van der Waals surface area contributed by atoms with Gasteiger partial charge in [-0.3, -0.25) is 4.79 Å². The highest BCUT2D eigenvalue weighted by Gasteiger charge is 2.20. The molecule has 3 nitrogen and oxygen atoms in total. The number of H-pyrrole nitrogens is 1. The average molecular weight is 428 g/mol. The van der Waals surface area contributed by atoms with Crippen molar-refractivity contribution in [3.05, 3.63) is 62.2 Å². The van der Waals surface area contributed by atoms with Crippen LogP contribution in [0, 0.1) is 0 Å². The summed E-state index contributed by atoms with van der Waals surface area (Å²) in [5, 5.41) is 2.02. The maximum absolute atomic E-state index is 12.8. The van der Waals surface area contributed by atoms with E-state index in [0.29, 0.717) is 0 Å². The minimum Gasteiger partial charge on any atom is -0.497 e. The molecule has 0 bridgehead atoms. The average Bonchev–Trinajstić information content (AvgIpc) is 3.03. The number of aromatic nitrogens is 1. The molecule has 0 unspecified atom stereocenters. The first-order valence-corrected chi connectivity index (χ1v) is 10.1. The van der Waals surface area contributed by atoms with Gasteiger partial charge in [0.2, 0.25) is 0 Å². The van der Waals surface area contributed by atoms with Crippen LogP contribution in [0.15, 0.2) is 51.7 Å². The molecule has 0 aliphatic carbocycles. The standard InChI is InChI=1S/C21H18BrNO2S/c1-3-7-16-17(12-8-5-4-6-9-12)18-14-10-13(25-2)11-15(22)19(14)23-21(24)20(18)26-16/h4-6,8-11H,3,7H2,1-2H3,(H,23,24). The number of benzene rings is 2. The van der Waals surface area contributed by atoms with Crippen LogP contribution in [0.25, 0.3) is 32.1 Å². The summed E-state index contributed by atoms with van der Waals surface area (Å²) in [7, 11) is 1.66. The summed E-state index contributed by atoms with van der Waals surface area (Å²) in [5.74, 6) is 0.764. The van der Waals surface area contributed by atoms with E-state index in [1.165, 1.54) is 10.4 Å². The third-order valence-electron chi connectivity index (χ3n) is 4.53. The normalized spacial score (nSPS) is 11.3. The molecule has 0 radical (unpaired) electrons. The second-order valence-corrected chi connectivity index (χ2v) is 8.17. The molecule has 26 heavy (non-hydrogen) atoms. The maximum Gasteiger partial charge on any atom is 0.266 e. The zero-order valence-corrected chi connectivity index (χ0v) is 17.0. The highest BCUT2D eigenvalue weighted by molar-refractivity contribution is 9.10. The predicted molar refractivity (Wildman–Crippen MR) is 114 cm³/mol. The van der Waals surface area contributed by atoms with Crippen molar-refractivity contribution in [3.8, 4) is 16.9 Å². The molecule has 5 heteroatoms. The molecule has 1 N–H and O–H groups in total. The first kappa shape index (κ1) is 17.3. The smallest absolute Gasteiger partial charge is 0.266 e. The summed E-state index contributed by atoms with van der Waals surface area (Å²) in [5.41, 5.74) is 3.08. The minimum absolute atomic E-state index is 0.0390. The quantitative estimate of drug-likeness (QED) is 0.425. The van der Waals surface area contributed by atoms with E-state index in [9.17, 15) is 4.79 Å². The Morgan fingerprint density at radius 1 is 1.19 bits per heavy atom. The molecule has 2 aromatic carbocycles. The Bertz CT molecular complexity index is 1160. The van der Waals surface area contributed by atoms with Crippen molar-refractivity contribution in [2.45, 2.75) is 19.8 Å². The van der Waals surface area contributed by atoms with Gasteiger partial charge in [0.05, 0.1) is 12.6 Å². The van der Waals surface area contributed by atoms with Crippen LogP contribution < -0.4 is 10.3 Å². The number of methoxy groups -OCH3 is 1. The number of thiophene rings is 1. The molecule has 0 aliphatic heterocycles. The summed E-state index contributed by atoms with van der Waals surface area (Å²) < 4.78 is 7.07. The molecule has 132 valence electrons. The molecule has 4 aromatic rings. The molecule has 0 atom stereocenters. The number of halogens is 1. The molecular weight excluding hydrogens is 410 g/mol. The third-order valence-corrected chi connectivity index (χ3v) is 6.41. The molecule has 0 saturated heterocycles. The number of rotatable bonds is 4. The van der Waals surface area contributed by atoms with Crippen LogP contribution in [-0.2, 0) is 6.42 Å². The zero-order valence-electron chi connectivity index (χ0n) is 14.6. The number of nitrogens with one attached hydrogen (secondary N) is 1. The van der Waals surface area contributed by atoms with E-state index in [0.717, 1.165) is 49.6 Å². The molecule has 0 aliphatic rings. The van der Waals surface area contributed by atoms with E-state index in [2.05, 4.69) is 40.0 Å². The Morgan fingerprint density at radius 3 is 2.65 bits per heavy atom. The molecular formula is C21H18BrNO2S. The first-order chi connectivity index (χ1) is 12.6. The maximum atomic E-state index is 12.8. The van der Waals surface area contributed by atoms with Crippen molar-refractivity contribution in [2.75, 3.05) is 7.11 Å². The topological polar surface area (TPSA) is 42.1 Å². The second kappa shape index (κ2) is 6.89. The van der Waals surface area contributed by atoms with Gasteiger partial charge in [0.25, 0.3) is 5.56 Å². The Hall–Kier alpha value is -2.11. The lowest BCUT2D eigenvalue weighted by atomic mass is 9.98. The van der Waals surface area contributed by atoms with Gasteiger partial charge < -0.3 is 9.72 Å². The summed E-state index contributed by atoms with van der Waals surface area (Å²) in [6, 6.07) is 14.2. The Balaban J connectivity index is 2.23. The molecule has 2 heterocycles. The lowest BCUT2D eigenvalue weighted by molar-refractivity contribution is 0.415. The Kier molecular flexibility index (Phi) is 4.59. The summed E-state index contributed by atoms with van der Waals surface area (Å²) >= 11 is 5.18. The fraction of sp³-hybridized carbons (Fsp3) is 0.190. The Morgan fingerprint density at radius 2 is 1.96 bits per heavy atom. The van der Waals surface area contributed by atoms with Crippen molar-refractivity contribution in [3.63, 3.8) is 0 Å². The summed E-state index contributed by atoms with van der Waals surface area (Å²) in [6.07, 6.45) is 1.99. The SMILES string of the molecule is CCCc1sc2c(=O)[nH]c3c(Br)cc(OC)cc3c2c1-c1ccccc1. The molecule has 2 aromatic heterocycles. The van der Waals surface area contributed by atoms with Gasteiger partial charge in [0.15, 0.2) is 0 Å². The number of aromatic amines is 1. The van der Waals surface area contributed by atoms with Crippen LogP contribution >= 0.6 is 27.3 Å². The van der Waals surface area contributed by atoms with Crippen LogP contribution in [0.4, 0.5) is 0 Å². The molecule has 0 saturated carbocycles. The molecule has 0 spiro atoms. The van der Waals surface area contributed by atoms with E-state index in [1.807, 2.05) is 30.3 Å². The van der Waals surface area contributed by atoms with Gasteiger partial charge in [-0.05, 0) is 40.0 Å². The highest BCUT2D eigenvalue weighted by Crippen LogP contribution is 2.43. The van der Waals surface area contributed by atoms with Gasteiger partial charge in [-0.2, -0.15) is 0 Å². The van der Waals surface area contributed by atoms with E-state index in [4.69, 9.17) is 4.74 Å². The number of hydrogen-bond donors (Lipinski definition) is 1. The predicted octanol–water partition coefficient (Wildman–Crippen LogP) is 6.13. The Labute approximate surface area is 163 Å². The molecule has 0 amide bonds. The monoisotopic (exact) mass is 427 g/mol. The van der Waals surface area contributed by atoms with Gasteiger partial charge in [-0.1, -0.05) is 43.7 Å². The lowest BCUT2D eigenvalue weighted by Gasteiger charge is -2.09.